The molecule has 0 fully saturated rings. The summed E-state index contributed by atoms with van der Waals surface area (Å²) in [5, 5.41) is 13.3. The molecule has 4 rings (SSSR count). The molecule has 1 aliphatic rings. The van der Waals surface area contributed by atoms with Crippen molar-refractivity contribution in [2.24, 2.45) is 15.7 Å². The lowest BCUT2D eigenvalue weighted by molar-refractivity contribution is -0.117. The van der Waals surface area contributed by atoms with Crippen LogP contribution in [0.15, 0.2) is 70.0 Å². The number of amidine groups is 1. The number of anilines is 1. The molecule has 30 heavy (non-hydrogen) atoms. The highest BCUT2D eigenvalue weighted by Crippen LogP contribution is 2.24. The molecule has 8 nitrogen and oxygen atoms in total. The first-order valence-electron chi connectivity index (χ1n) is 9.07. The highest BCUT2D eigenvalue weighted by Gasteiger charge is 2.26. The van der Waals surface area contributed by atoms with E-state index in [-0.39, 0.29) is 11.9 Å². The van der Waals surface area contributed by atoms with Crippen LogP contribution in [0.5, 0.6) is 0 Å². The van der Waals surface area contributed by atoms with E-state index in [1.54, 1.807) is 11.4 Å². The number of para-hydroxylation sites is 1. The largest absolute Gasteiger partial charge is 0.405 e. The molecule has 0 saturated heterocycles. The molecule has 2 aromatic carbocycles. The molecule has 150 valence electrons. The van der Waals surface area contributed by atoms with Crippen molar-refractivity contribution < 1.29 is 9.53 Å². The number of aliphatic imine (C=N–C) groups is 2. The van der Waals surface area contributed by atoms with Gasteiger partial charge in [-0.15, -0.1) is 11.3 Å². The van der Waals surface area contributed by atoms with E-state index in [1.165, 1.54) is 11.3 Å². The van der Waals surface area contributed by atoms with E-state index in [9.17, 15) is 4.79 Å². The third-order valence-electron chi connectivity index (χ3n) is 4.28. The lowest BCUT2D eigenvalue weighted by atomic mass is 10.0. The van der Waals surface area contributed by atoms with Crippen molar-refractivity contribution in [3.8, 4) is 0 Å². The molecule has 2 heterocycles. The SMILES string of the molecule is Cc1nc(C(=N)OC(N)=N[C@H]2N=C(c3ccccc3)c3ccccc3NC2=O)cs1. The molecule has 1 aromatic heterocycles. The Morgan fingerprint density at radius 2 is 1.93 bits per heavy atom. The number of carbonyl (C=O) groups excluding carboxylic acids is 1. The number of nitrogens with one attached hydrogen (secondary N) is 2. The summed E-state index contributed by atoms with van der Waals surface area (Å²) >= 11 is 1.39. The highest BCUT2D eigenvalue weighted by atomic mass is 32.1. The third kappa shape index (κ3) is 4.11. The number of benzodiazepines with no additional fused rings is 1. The number of thiazole rings is 1. The van der Waals surface area contributed by atoms with Crippen LogP contribution in [0.1, 0.15) is 21.8 Å². The molecule has 0 radical (unpaired) electrons. The van der Waals surface area contributed by atoms with Gasteiger partial charge >= 0.3 is 0 Å². The van der Waals surface area contributed by atoms with E-state index < -0.39 is 12.1 Å². The first kappa shape index (κ1) is 19.5. The number of nitrogens with two attached hydrogens (primary N) is 1. The van der Waals surface area contributed by atoms with Gasteiger partial charge in [0.15, 0.2) is 0 Å². The van der Waals surface area contributed by atoms with Crippen molar-refractivity contribution in [2.75, 3.05) is 5.32 Å². The zero-order valence-corrected chi connectivity index (χ0v) is 16.8. The Bertz CT molecular complexity index is 1170. The average molecular weight is 418 g/mol. The number of benzene rings is 2. The molecule has 9 heteroatoms. The van der Waals surface area contributed by atoms with Gasteiger partial charge in [0.2, 0.25) is 12.1 Å². The van der Waals surface area contributed by atoms with Gasteiger partial charge in [0, 0.05) is 16.5 Å². The lowest BCUT2D eigenvalue weighted by Gasteiger charge is -2.09. The topological polar surface area (TPSA) is 126 Å². The number of aromatic nitrogens is 1. The van der Waals surface area contributed by atoms with Crippen LogP contribution in [0.3, 0.4) is 0 Å². The first-order chi connectivity index (χ1) is 14.5. The third-order valence-corrected chi connectivity index (χ3v) is 5.05. The van der Waals surface area contributed by atoms with E-state index in [1.807, 2.05) is 55.5 Å². The molecule has 1 atom stereocenters. The minimum atomic E-state index is -1.17. The van der Waals surface area contributed by atoms with Gasteiger partial charge in [-0.1, -0.05) is 48.5 Å². The summed E-state index contributed by atoms with van der Waals surface area (Å²) in [7, 11) is 0. The fraction of sp³-hybridized carbons (Fsp3) is 0.0952. The number of nitrogens with zero attached hydrogens (tertiary/aromatic N) is 3. The Balaban J connectivity index is 1.68. The first-order valence-corrected chi connectivity index (χ1v) is 9.95. The second-order valence-electron chi connectivity index (χ2n) is 6.40. The van der Waals surface area contributed by atoms with Crippen molar-refractivity contribution in [3.05, 3.63) is 81.8 Å². The molecule has 1 aliphatic heterocycles. The maximum Gasteiger partial charge on any atom is 0.291 e. The number of ether oxygens (including phenoxy) is 1. The predicted molar refractivity (Wildman–Crippen MR) is 117 cm³/mol. The van der Waals surface area contributed by atoms with Crippen molar-refractivity contribution in [2.45, 2.75) is 13.1 Å². The molecule has 0 bridgehead atoms. The van der Waals surface area contributed by atoms with E-state index >= 15 is 0 Å². The second kappa shape index (κ2) is 8.26. The van der Waals surface area contributed by atoms with Crippen LogP contribution in [-0.4, -0.2) is 34.7 Å². The fourth-order valence-electron chi connectivity index (χ4n) is 2.93. The minimum Gasteiger partial charge on any atom is -0.405 e. The van der Waals surface area contributed by atoms with Gasteiger partial charge in [0.1, 0.15) is 5.69 Å². The molecule has 4 N–H and O–H groups in total. The normalized spacial score (nSPS) is 16.2. The number of rotatable bonds is 3. The van der Waals surface area contributed by atoms with E-state index in [2.05, 4.69) is 20.3 Å². The number of hydrogen-bond acceptors (Lipinski definition) is 7. The second-order valence-corrected chi connectivity index (χ2v) is 7.46. The van der Waals surface area contributed by atoms with Crippen LogP contribution < -0.4 is 11.1 Å². The summed E-state index contributed by atoms with van der Waals surface area (Å²) < 4.78 is 5.27. The van der Waals surface area contributed by atoms with Crippen LogP contribution in [-0.2, 0) is 9.53 Å². The maximum atomic E-state index is 12.7. The Morgan fingerprint density at radius 3 is 2.67 bits per heavy atom. The summed E-state index contributed by atoms with van der Waals surface area (Å²) in [5.74, 6) is -0.693. The number of hydrogen-bond donors (Lipinski definition) is 3. The van der Waals surface area contributed by atoms with E-state index in [0.29, 0.717) is 17.1 Å². The van der Waals surface area contributed by atoms with Crippen LogP contribution >= 0.6 is 11.3 Å². The maximum absolute atomic E-state index is 12.7. The van der Waals surface area contributed by atoms with Gasteiger partial charge in [0.25, 0.3) is 11.9 Å². The standard InChI is InChI=1S/C21H18N6O2S/c1-12-24-16(11-30-12)18(22)29-21(23)27-19-20(28)25-15-10-6-5-9-14(15)17(26-19)13-7-3-2-4-8-13/h2-11,19,22H,1H3,(H2,23,27)(H,25,28)/t19-/m1/s1. The van der Waals surface area contributed by atoms with Crippen molar-refractivity contribution in [1.82, 2.24) is 4.98 Å². The van der Waals surface area contributed by atoms with Gasteiger partial charge in [-0.25, -0.2) is 9.98 Å². The van der Waals surface area contributed by atoms with E-state index in [4.69, 9.17) is 15.9 Å². The smallest absolute Gasteiger partial charge is 0.291 e. The summed E-state index contributed by atoms with van der Waals surface area (Å²) in [6, 6.07) is 16.6. The zero-order valence-electron chi connectivity index (χ0n) is 16.0. The summed E-state index contributed by atoms with van der Waals surface area (Å²) in [5.41, 5.74) is 9.07. The Morgan fingerprint density at radius 1 is 1.20 bits per heavy atom. The van der Waals surface area contributed by atoms with Crippen molar-refractivity contribution >= 4 is 40.6 Å². The average Bonchev–Trinajstić information content (AvgIpc) is 3.13. The predicted octanol–water partition coefficient (Wildman–Crippen LogP) is 2.92. The molecule has 0 spiro atoms. The summed E-state index contributed by atoms with van der Waals surface area (Å²) in [6.45, 7) is 1.83. The van der Waals surface area contributed by atoms with Gasteiger partial charge in [-0.2, -0.15) is 4.99 Å². The number of amides is 1. The van der Waals surface area contributed by atoms with E-state index in [0.717, 1.165) is 16.1 Å². The van der Waals surface area contributed by atoms with Crippen molar-refractivity contribution in [3.63, 3.8) is 0 Å². The Kier molecular flexibility index (Phi) is 5.36. The zero-order chi connectivity index (χ0) is 21.1. The summed E-state index contributed by atoms with van der Waals surface area (Å²) in [4.78, 5) is 25.6. The molecule has 0 aliphatic carbocycles. The van der Waals surface area contributed by atoms with Gasteiger partial charge in [0.05, 0.1) is 16.4 Å². The van der Waals surface area contributed by atoms with Gasteiger partial charge in [-0.3, -0.25) is 10.2 Å². The van der Waals surface area contributed by atoms with Crippen molar-refractivity contribution in [1.29, 1.82) is 5.41 Å². The minimum absolute atomic E-state index is 0.245. The molecule has 1 amide bonds. The molecule has 0 saturated carbocycles. The molecule has 0 unspecified atom stereocenters. The quantitative estimate of drug-likeness (QED) is 0.446. The summed E-state index contributed by atoms with van der Waals surface area (Å²) in [6.07, 6.45) is -1.17. The number of carbonyl (C=O) groups is 1. The molecule has 3 aromatic rings. The van der Waals surface area contributed by atoms with Gasteiger partial charge < -0.3 is 15.8 Å². The van der Waals surface area contributed by atoms with Crippen LogP contribution in [0.4, 0.5) is 5.69 Å². The Hall–Kier alpha value is -3.85. The highest BCUT2D eigenvalue weighted by molar-refractivity contribution is 7.09. The lowest BCUT2D eigenvalue weighted by Crippen LogP contribution is -2.29. The number of fused-ring (bicyclic) bond motifs is 1. The Labute approximate surface area is 176 Å². The van der Waals surface area contributed by atoms with Crippen LogP contribution in [0.2, 0.25) is 0 Å². The molecular formula is C21H18N6O2S. The molecular weight excluding hydrogens is 400 g/mol. The van der Waals surface area contributed by atoms with Crippen LogP contribution in [0.25, 0.3) is 0 Å². The van der Waals surface area contributed by atoms with Crippen LogP contribution in [0, 0.1) is 12.3 Å². The monoisotopic (exact) mass is 418 g/mol. The fourth-order valence-corrected chi connectivity index (χ4v) is 3.52. The number of aryl methyl sites for hydroxylation is 1. The van der Waals surface area contributed by atoms with Gasteiger partial charge in [-0.05, 0) is 13.0 Å².